The summed E-state index contributed by atoms with van der Waals surface area (Å²) in [6, 6.07) is 1.49. The van der Waals surface area contributed by atoms with Crippen molar-refractivity contribution in [3.05, 3.63) is 51.1 Å². The number of hydroxylamine groups is 4. The first-order valence-corrected chi connectivity index (χ1v) is 30.2. The van der Waals surface area contributed by atoms with Crippen molar-refractivity contribution in [3.8, 4) is 17.2 Å². The Morgan fingerprint density at radius 1 is 0.667 bits per heavy atom. The van der Waals surface area contributed by atoms with Crippen LogP contribution in [0.2, 0.25) is 0 Å². The summed E-state index contributed by atoms with van der Waals surface area (Å²) in [5.41, 5.74) is -8.20. The maximum absolute atomic E-state index is 15.3. The second kappa shape index (κ2) is 25.2. The highest BCUT2D eigenvalue weighted by atomic mass is 16.8. The Morgan fingerprint density at radius 3 is 1.79 bits per heavy atom. The van der Waals surface area contributed by atoms with Crippen LogP contribution in [0.4, 0.5) is 0 Å². The van der Waals surface area contributed by atoms with Crippen LogP contribution in [0.3, 0.4) is 0 Å². The number of aromatic hydroxyl groups is 2. The second-order valence-corrected chi connectivity index (χ2v) is 26.6. The minimum Gasteiger partial charge on any atom is -0.507 e. The fourth-order valence-electron chi connectivity index (χ4n) is 14.8. The van der Waals surface area contributed by atoms with Gasteiger partial charge in [-0.3, -0.25) is 40.0 Å². The lowest BCUT2D eigenvalue weighted by atomic mass is 9.72. The topological polar surface area (TPSA) is 394 Å². The third kappa shape index (κ3) is 12.1. The quantitative estimate of drug-likeness (QED) is 0.0527. The molecule has 23 atom stereocenters. The number of ketones is 2. The van der Waals surface area contributed by atoms with Crippen LogP contribution < -0.4 is 4.74 Å². The zero-order chi connectivity index (χ0) is 65.9. The fourth-order valence-corrected chi connectivity index (χ4v) is 14.8. The van der Waals surface area contributed by atoms with E-state index in [1.54, 1.807) is 67.7 Å². The van der Waals surface area contributed by atoms with E-state index >= 15 is 4.79 Å². The molecule has 6 aliphatic heterocycles. The Kier molecular flexibility index (Phi) is 19.1. The van der Waals surface area contributed by atoms with Crippen LogP contribution in [-0.2, 0) is 73.7 Å². The van der Waals surface area contributed by atoms with Gasteiger partial charge in [-0.2, -0.15) is 0 Å². The number of aliphatic carboxylic acids is 1. The summed E-state index contributed by atoms with van der Waals surface area (Å²) in [6.45, 7) is 12.5. The summed E-state index contributed by atoms with van der Waals surface area (Å²) >= 11 is 0. The van der Waals surface area contributed by atoms with Crippen molar-refractivity contribution in [2.75, 3.05) is 35.3 Å². The summed E-state index contributed by atoms with van der Waals surface area (Å²) < 4.78 is 75.4. The van der Waals surface area contributed by atoms with E-state index in [9.17, 15) is 60.7 Å². The van der Waals surface area contributed by atoms with Gasteiger partial charge in [0.1, 0.15) is 64.4 Å². The zero-order valence-electron chi connectivity index (χ0n) is 52.6. The molecule has 90 heavy (non-hydrogen) atoms. The predicted octanol–water partition coefficient (Wildman–Crippen LogP) is 2.34. The third-order valence-electron chi connectivity index (χ3n) is 19.6. The molecule has 30 heteroatoms. The molecular weight excluding hydrogens is 1190 g/mol. The number of carbonyl (C=O) groups excluding carboxylic acids is 3. The van der Waals surface area contributed by atoms with Gasteiger partial charge < -0.3 is 97.3 Å². The van der Waals surface area contributed by atoms with Gasteiger partial charge in [0, 0.05) is 73.9 Å². The van der Waals surface area contributed by atoms with Gasteiger partial charge in [-0.05, 0) is 89.6 Å². The molecule has 6 heterocycles. The molecule has 10 N–H and O–H groups in total. The molecule has 0 spiro atoms. The van der Waals surface area contributed by atoms with E-state index in [1.165, 1.54) is 40.0 Å². The molecule has 8 aliphatic rings. The Hall–Kier alpha value is -4.72. The Balaban J connectivity index is 0.893. The number of aliphatic hydroxyl groups is 3. The number of fused-ring (bicyclic) bond motifs is 8. The molecule has 0 aromatic heterocycles. The number of methoxy groups -OCH3 is 1. The Labute approximate surface area is 519 Å². The van der Waals surface area contributed by atoms with Crippen molar-refractivity contribution in [3.63, 3.8) is 0 Å². The van der Waals surface area contributed by atoms with Gasteiger partial charge in [-0.1, -0.05) is 16.5 Å². The lowest BCUT2D eigenvalue weighted by molar-refractivity contribution is -0.439. The molecule has 5 fully saturated rings. The van der Waals surface area contributed by atoms with E-state index in [4.69, 9.17) is 61.9 Å². The van der Waals surface area contributed by atoms with Gasteiger partial charge in [-0.15, -0.1) is 0 Å². The SMILES string of the molecule is COC1CC(OC2C(C)OC(OC3C(C)OC(OC4C(N(C)C)C(O)C5Oc6c(ccc7c6C(=O)c6c(O)c8c(c(O)c6C7=O)C(OC6CC(N(C)C)C(O)C(C)O6)CC(C)(O)C8)C4(C)O5)CC3(C)N(O)O)CC2(C)N(O)O)OC(C)C1OC(=O)CCC(=O)O. The Bertz CT molecular complexity index is 3060. The molecule has 0 amide bonds. The van der Waals surface area contributed by atoms with Crippen molar-refractivity contribution >= 4 is 23.5 Å². The first-order chi connectivity index (χ1) is 42.0. The number of carboxylic acid groups (broad SMARTS) is 1. The minimum absolute atomic E-state index is 0.00111. The average Bonchev–Trinajstić information content (AvgIpc) is 0.700. The summed E-state index contributed by atoms with van der Waals surface area (Å²) in [7, 11) is 8.35. The maximum Gasteiger partial charge on any atom is 0.306 e. The van der Waals surface area contributed by atoms with Crippen molar-refractivity contribution < 1.29 is 127 Å². The van der Waals surface area contributed by atoms with Crippen LogP contribution in [0.15, 0.2) is 12.1 Å². The van der Waals surface area contributed by atoms with Crippen LogP contribution in [0.25, 0.3) is 0 Å². The summed E-state index contributed by atoms with van der Waals surface area (Å²) in [5, 5.41) is 112. The highest BCUT2D eigenvalue weighted by Crippen LogP contribution is 2.56. The maximum atomic E-state index is 15.3. The number of nitrogens with zero attached hydrogens (tertiary/aromatic N) is 4. The average molecular weight is 1280 g/mol. The van der Waals surface area contributed by atoms with Crippen LogP contribution in [-0.4, -0.2) is 258 Å². The highest BCUT2D eigenvalue weighted by Gasteiger charge is 2.63. The van der Waals surface area contributed by atoms with Crippen molar-refractivity contribution in [1.29, 1.82) is 0 Å². The number of hydrogen-bond donors (Lipinski definition) is 10. The van der Waals surface area contributed by atoms with Crippen molar-refractivity contribution in [1.82, 2.24) is 20.3 Å². The number of likely N-dealkylation sites (N-methyl/N-ethyl adjacent to an activating group) is 2. The van der Waals surface area contributed by atoms with Gasteiger partial charge in [-0.25, -0.2) is 0 Å². The molecular formula is C60H86N4O26. The monoisotopic (exact) mass is 1280 g/mol. The smallest absolute Gasteiger partial charge is 0.306 e. The second-order valence-electron chi connectivity index (χ2n) is 26.6. The number of phenols is 2. The van der Waals surface area contributed by atoms with E-state index in [1.807, 2.05) is 4.90 Å². The number of phenolic OH excluding ortho intramolecular Hbond substituents is 2. The van der Waals surface area contributed by atoms with E-state index in [-0.39, 0.29) is 95.0 Å². The number of carboxylic acids is 1. The summed E-state index contributed by atoms with van der Waals surface area (Å²) in [4.78, 5) is 57.3. The standard InChI is InChI=1S/C60H86N4O26/c1-24-45(68)31(61(9)10)18-36(80-24)84-33-21-57(5,74)20-29-40(33)48(71)42-43(47(29)70)49(72)41-28(46(42)69)14-15-30-52(41)89-56-50(73)44(62(11)12)55(60(30,8)90-56)88-39-23-59(7,64(77)78)54(27(4)83-39)87-38-22-58(6,63(75)76)53(26(3)82-38)86-37-19-32(79-13)51(25(2)81-37)85-35(67)17-16-34(65)66/h14-15,24-27,31-33,36-39,44-45,50-51,53-56,68,70-71,73-78H,16-23H2,1-13H3,(H,65,66). The van der Waals surface area contributed by atoms with Gasteiger partial charge in [0.15, 0.2) is 37.0 Å². The van der Waals surface area contributed by atoms with Gasteiger partial charge >= 0.3 is 11.9 Å². The van der Waals surface area contributed by atoms with E-state index in [2.05, 4.69) is 0 Å². The van der Waals surface area contributed by atoms with E-state index in [0.717, 1.165) is 0 Å². The Morgan fingerprint density at radius 2 is 1.22 bits per heavy atom. The summed E-state index contributed by atoms with van der Waals surface area (Å²) in [6.07, 6.45) is -20.3. The number of carbonyl (C=O) groups is 4. The molecule has 10 rings (SSSR count). The largest absolute Gasteiger partial charge is 0.507 e. The first kappa shape index (κ1) is 68.1. The van der Waals surface area contributed by atoms with Crippen LogP contribution in [0.1, 0.15) is 155 Å². The number of aliphatic hydroxyl groups excluding tert-OH is 2. The number of hydrogen-bond acceptors (Lipinski definition) is 29. The van der Waals surface area contributed by atoms with Crippen molar-refractivity contribution in [2.24, 2.45) is 0 Å². The number of ether oxygens (including phenoxy) is 12. The molecule has 2 aromatic rings. The number of benzene rings is 2. The molecule has 502 valence electrons. The lowest BCUT2D eigenvalue weighted by Crippen LogP contribution is -2.71. The van der Waals surface area contributed by atoms with Gasteiger partial charge in [0.25, 0.3) is 0 Å². The van der Waals surface area contributed by atoms with E-state index < -0.39 is 186 Å². The number of rotatable bonds is 17. The minimum atomic E-state index is -1.81. The van der Waals surface area contributed by atoms with Crippen LogP contribution in [0.5, 0.6) is 17.2 Å². The molecule has 0 saturated carbocycles. The molecule has 5 saturated heterocycles. The van der Waals surface area contributed by atoms with Crippen molar-refractivity contribution in [2.45, 2.75) is 246 Å². The van der Waals surface area contributed by atoms with Crippen LogP contribution >= 0.6 is 0 Å². The third-order valence-corrected chi connectivity index (χ3v) is 19.6. The zero-order valence-corrected chi connectivity index (χ0v) is 52.6. The van der Waals surface area contributed by atoms with Gasteiger partial charge in [0.2, 0.25) is 12.1 Å². The normalized spacial score (nSPS) is 40.9. The molecule has 0 radical (unpaired) electrons. The van der Waals surface area contributed by atoms with Crippen LogP contribution in [0, 0.1) is 0 Å². The molecule has 2 aromatic carbocycles. The first-order valence-electron chi connectivity index (χ1n) is 30.2. The summed E-state index contributed by atoms with van der Waals surface area (Å²) in [5.74, 6) is -5.21. The lowest BCUT2D eigenvalue weighted by Gasteiger charge is -2.57. The molecule has 23 unspecified atom stereocenters. The molecule has 2 aliphatic carbocycles. The highest BCUT2D eigenvalue weighted by molar-refractivity contribution is 6.31. The molecule has 2 bridgehead atoms. The molecule has 30 nitrogen and oxygen atoms in total. The number of esters is 1. The predicted molar refractivity (Wildman–Crippen MR) is 301 cm³/mol. The van der Waals surface area contributed by atoms with E-state index in [0.29, 0.717) is 0 Å². The van der Waals surface area contributed by atoms with Gasteiger partial charge in [0.05, 0.1) is 77.8 Å². The fraction of sp³-hybridized carbons (Fsp3) is 0.733.